The molecule has 0 aromatic carbocycles. The van der Waals surface area contributed by atoms with E-state index >= 15 is 0 Å². The van der Waals surface area contributed by atoms with E-state index in [-0.39, 0.29) is 5.54 Å². The second-order valence-corrected chi connectivity index (χ2v) is 4.99. The van der Waals surface area contributed by atoms with Crippen molar-refractivity contribution in [1.82, 2.24) is 15.2 Å². The Hall–Kier alpha value is -1.00. The SMILES string of the molecule is CC(C)(CNc1ccc[nH]1)N1CCNCC1. The summed E-state index contributed by atoms with van der Waals surface area (Å²) in [5.41, 5.74) is 0.202. The molecule has 0 saturated carbocycles. The predicted octanol–water partition coefficient (Wildman–Crippen LogP) is 1.11. The summed E-state index contributed by atoms with van der Waals surface area (Å²) in [5, 5.41) is 6.83. The first kappa shape index (κ1) is 11.5. The molecule has 90 valence electrons. The number of anilines is 1. The van der Waals surface area contributed by atoms with Crippen LogP contribution in [0.3, 0.4) is 0 Å². The molecule has 1 aliphatic heterocycles. The van der Waals surface area contributed by atoms with Crippen molar-refractivity contribution >= 4 is 5.82 Å². The third-order valence-corrected chi connectivity index (χ3v) is 3.28. The zero-order valence-corrected chi connectivity index (χ0v) is 10.2. The standard InChI is InChI=1S/C12H22N4/c1-12(2,16-8-6-13-7-9-16)10-15-11-4-3-5-14-11/h3-5,13-15H,6-10H2,1-2H3. The zero-order valence-electron chi connectivity index (χ0n) is 10.2. The third kappa shape index (κ3) is 2.77. The van der Waals surface area contributed by atoms with Crippen LogP contribution in [0.15, 0.2) is 18.3 Å². The van der Waals surface area contributed by atoms with Gasteiger partial charge in [-0.3, -0.25) is 4.90 Å². The van der Waals surface area contributed by atoms with Gasteiger partial charge in [-0.25, -0.2) is 0 Å². The highest BCUT2D eigenvalue weighted by Crippen LogP contribution is 2.15. The number of hydrogen-bond acceptors (Lipinski definition) is 3. The van der Waals surface area contributed by atoms with Crippen LogP contribution in [0.2, 0.25) is 0 Å². The first-order chi connectivity index (χ1) is 7.68. The van der Waals surface area contributed by atoms with Gasteiger partial charge in [-0.15, -0.1) is 0 Å². The number of hydrogen-bond donors (Lipinski definition) is 3. The van der Waals surface area contributed by atoms with Crippen molar-refractivity contribution in [3.8, 4) is 0 Å². The van der Waals surface area contributed by atoms with Gasteiger partial charge < -0.3 is 15.6 Å². The van der Waals surface area contributed by atoms with E-state index in [2.05, 4.69) is 40.4 Å². The van der Waals surface area contributed by atoms with Gasteiger partial charge in [0.25, 0.3) is 0 Å². The van der Waals surface area contributed by atoms with Gasteiger partial charge in [0.15, 0.2) is 0 Å². The third-order valence-electron chi connectivity index (χ3n) is 3.28. The van der Waals surface area contributed by atoms with Crippen molar-refractivity contribution in [1.29, 1.82) is 0 Å². The molecule has 2 rings (SSSR count). The summed E-state index contributed by atoms with van der Waals surface area (Å²) in [5.74, 6) is 1.10. The fraction of sp³-hybridized carbons (Fsp3) is 0.667. The lowest BCUT2D eigenvalue weighted by molar-refractivity contribution is 0.114. The second kappa shape index (κ2) is 4.89. The van der Waals surface area contributed by atoms with Gasteiger partial charge in [0.1, 0.15) is 5.82 Å². The minimum atomic E-state index is 0.202. The Morgan fingerprint density at radius 3 is 2.75 bits per heavy atom. The Morgan fingerprint density at radius 2 is 2.12 bits per heavy atom. The molecule has 1 fully saturated rings. The molecule has 0 spiro atoms. The maximum absolute atomic E-state index is 3.44. The number of aromatic nitrogens is 1. The lowest BCUT2D eigenvalue weighted by Gasteiger charge is -2.41. The summed E-state index contributed by atoms with van der Waals surface area (Å²) < 4.78 is 0. The van der Waals surface area contributed by atoms with Crippen molar-refractivity contribution in [3.05, 3.63) is 18.3 Å². The molecule has 1 aromatic heterocycles. The van der Waals surface area contributed by atoms with Crippen LogP contribution in [-0.4, -0.2) is 48.1 Å². The average Bonchev–Trinajstić information content (AvgIpc) is 2.81. The Labute approximate surface area is 97.4 Å². The molecule has 4 nitrogen and oxygen atoms in total. The first-order valence-corrected chi connectivity index (χ1v) is 6.01. The molecule has 0 aliphatic carbocycles. The smallest absolute Gasteiger partial charge is 0.103 e. The molecule has 0 radical (unpaired) electrons. The van der Waals surface area contributed by atoms with E-state index in [1.165, 1.54) is 0 Å². The van der Waals surface area contributed by atoms with Gasteiger partial charge >= 0.3 is 0 Å². The molecule has 0 atom stereocenters. The summed E-state index contributed by atoms with van der Waals surface area (Å²) in [6.45, 7) is 10.0. The summed E-state index contributed by atoms with van der Waals surface area (Å²) >= 11 is 0. The molecule has 0 amide bonds. The summed E-state index contributed by atoms with van der Waals surface area (Å²) in [6.07, 6.45) is 1.94. The molecule has 3 N–H and O–H groups in total. The Morgan fingerprint density at radius 1 is 1.38 bits per heavy atom. The summed E-state index contributed by atoms with van der Waals surface area (Å²) in [7, 11) is 0. The molecule has 1 aromatic rings. The van der Waals surface area contributed by atoms with Crippen LogP contribution in [0.4, 0.5) is 5.82 Å². The maximum atomic E-state index is 3.44. The van der Waals surface area contributed by atoms with Crippen LogP contribution in [0.25, 0.3) is 0 Å². The van der Waals surface area contributed by atoms with Gasteiger partial charge in [0, 0.05) is 44.5 Å². The Bertz CT molecular complexity index is 299. The highest BCUT2D eigenvalue weighted by molar-refractivity contribution is 5.34. The molecule has 4 heteroatoms. The van der Waals surface area contributed by atoms with E-state index in [0.717, 1.165) is 38.5 Å². The predicted molar refractivity (Wildman–Crippen MR) is 67.8 cm³/mol. The molecule has 16 heavy (non-hydrogen) atoms. The van der Waals surface area contributed by atoms with Crippen LogP contribution in [-0.2, 0) is 0 Å². The molecular weight excluding hydrogens is 200 g/mol. The molecular formula is C12H22N4. The highest BCUT2D eigenvalue weighted by atomic mass is 15.3. The summed E-state index contributed by atoms with van der Waals surface area (Å²) in [6, 6.07) is 4.08. The first-order valence-electron chi connectivity index (χ1n) is 6.01. The number of nitrogens with one attached hydrogen (secondary N) is 3. The number of aromatic amines is 1. The highest BCUT2D eigenvalue weighted by Gasteiger charge is 2.27. The quantitative estimate of drug-likeness (QED) is 0.715. The average molecular weight is 222 g/mol. The normalized spacial score (nSPS) is 18.6. The van der Waals surface area contributed by atoms with Crippen molar-refractivity contribution < 1.29 is 0 Å². The largest absolute Gasteiger partial charge is 0.370 e. The van der Waals surface area contributed by atoms with Crippen LogP contribution in [0, 0.1) is 0 Å². The van der Waals surface area contributed by atoms with E-state index in [1.54, 1.807) is 0 Å². The minimum Gasteiger partial charge on any atom is -0.370 e. The molecule has 1 aliphatic rings. The number of H-pyrrole nitrogens is 1. The second-order valence-electron chi connectivity index (χ2n) is 4.99. The van der Waals surface area contributed by atoms with E-state index in [1.807, 2.05) is 12.3 Å². The van der Waals surface area contributed by atoms with Crippen molar-refractivity contribution in [3.63, 3.8) is 0 Å². The number of piperazine rings is 1. The maximum Gasteiger partial charge on any atom is 0.103 e. The molecule has 2 heterocycles. The van der Waals surface area contributed by atoms with Crippen molar-refractivity contribution in [2.24, 2.45) is 0 Å². The van der Waals surface area contributed by atoms with Gasteiger partial charge in [0.2, 0.25) is 0 Å². The van der Waals surface area contributed by atoms with Crippen LogP contribution >= 0.6 is 0 Å². The van der Waals surface area contributed by atoms with Gasteiger partial charge in [-0.2, -0.15) is 0 Å². The van der Waals surface area contributed by atoms with Crippen LogP contribution in [0.1, 0.15) is 13.8 Å². The van der Waals surface area contributed by atoms with Crippen LogP contribution in [0.5, 0.6) is 0 Å². The van der Waals surface area contributed by atoms with E-state index in [9.17, 15) is 0 Å². The lowest BCUT2D eigenvalue weighted by Crippen LogP contribution is -2.56. The van der Waals surface area contributed by atoms with E-state index in [4.69, 9.17) is 0 Å². The van der Waals surface area contributed by atoms with E-state index < -0.39 is 0 Å². The lowest BCUT2D eigenvalue weighted by atomic mass is 10.0. The Kier molecular flexibility index (Phi) is 3.51. The summed E-state index contributed by atoms with van der Waals surface area (Å²) in [4.78, 5) is 5.71. The van der Waals surface area contributed by atoms with Crippen molar-refractivity contribution in [2.75, 3.05) is 38.0 Å². The molecule has 0 bridgehead atoms. The monoisotopic (exact) mass is 222 g/mol. The Balaban J connectivity index is 1.86. The zero-order chi connectivity index (χ0) is 11.4. The molecule has 0 unspecified atom stereocenters. The van der Waals surface area contributed by atoms with Gasteiger partial charge in [-0.1, -0.05) is 0 Å². The topological polar surface area (TPSA) is 43.1 Å². The fourth-order valence-electron chi connectivity index (χ4n) is 2.13. The fourth-order valence-corrected chi connectivity index (χ4v) is 2.13. The van der Waals surface area contributed by atoms with Gasteiger partial charge in [-0.05, 0) is 26.0 Å². The number of nitrogens with zero attached hydrogens (tertiary/aromatic N) is 1. The van der Waals surface area contributed by atoms with Crippen molar-refractivity contribution in [2.45, 2.75) is 19.4 Å². The van der Waals surface area contributed by atoms with Crippen LogP contribution < -0.4 is 10.6 Å². The molecule has 1 saturated heterocycles. The number of rotatable bonds is 4. The van der Waals surface area contributed by atoms with Gasteiger partial charge in [0.05, 0.1) is 0 Å². The minimum absolute atomic E-state index is 0.202. The van der Waals surface area contributed by atoms with E-state index in [0.29, 0.717) is 0 Å².